The maximum absolute atomic E-state index is 12.0. The maximum Gasteiger partial charge on any atom is 0.171 e. The van der Waals surface area contributed by atoms with E-state index in [1.54, 1.807) is 6.92 Å². The molecule has 1 aromatic carbocycles. The van der Waals surface area contributed by atoms with Gasteiger partial charge in [-0.1, -0.05) is 13.8 Å². The SMILES string of the molecule is CCC(C)C(=O)CC(=O)c1ccc(C#N)cc1C#N. The smallest absolute Gasteiger partial charge is 0.171 e. The van der Waals surface area contributed by atoms with E-state index in [9.17, 15) is 9.59 Å². The van der Waals surface area contributed by atoms with Crippen molar-refractivity contribution in [1.29, 1.82) is 10.5 Å². The van der Waals surface area contributed by atoms with Gasteiger partial charge in [0.05, 0.1) is 29.7 Å². The van der Waals surface area contributed by atoms with E-state index in [-0.39, 0.29) is 35.0 Å². The van der Waals surface area contributed by atoms with Crippen LogP contribution in [0.2, 0.25) is 0 Å². The van der Waals surface area contributed by atoms with Gasteiger partial charge in [0.15, 0.2) is 5.78 Å². The Balaban J connectivity index is 2.99. The van der Waals surface area contributed by atoms with E-state index in [1.807, 2.05) is 19.1 Å². The summed E-state index contributed by atoms with van der Waals surface area (Å²) in [7, 11) is 0. The van der Waals surface area contributed by atoms with Crippen molar-refractivity contribution in [2.24, 2.45) is 5.92 Å². The van der Waals surface area contributed by atoms with Gasteiger partial charge in [0.25, 0.3) is 0 Å². The average molecular weight is 254 g/mol. The fourth-order valence-electron chi connectivity index (χ4n) is 1.60. The van der Waals surface area contributed by atoms with E-state index in [0.717, 1.165) is 0 Å². The Bertz CT molecular complexity index is 591. The molecule has 0 amide bonds. The first-order chi connectivity index (χ1) is 9.03. The lowest BCUT2D eigenvalue weighted by molar-refractivity contribution is -0.121. The van der Waals surface area contributed by atoms with Crippen molar-refractivity contribution in [1.82, 2.24) is 0 Å². The third kappa shape index (κ3) is 3.50. The van der Waals surface area contributed by atoms with Gasteiger partial charge in [-0.2, -0.15) is 10.5 Å². The standard InChI is InChI=1S/C15H14N2O2/c1-3-10(2)14(18)7-15(19)13-5-4-11(8-16)6-12(13)9-17/h4-6,10H,3,7H2,1-2H3. The first-order valence-corrected chi connectivity index (χ1v) is 6.03. The van der Waals surface area contributed by atoms with E-state index in [0.29, 0.717) is 12.0 Å². The van der Waals surface area contributed by atoms with Crippen LogP contribution in [0.5, 0.6) is 0 Å². The number of Topliss-reactive ketones (excluding diaryl/α,β-unsaturated/α-hetero) is 2. The summed E-state index contributed by atoms with van der Waals surface area (Å²) in [6.07, 6.45) is 0.486. The Morgan fingerprint density at radius 3 is 2.47 bits per heavy atom. The quantitative estimate of drug-likeness (QED) is 0.597. The van der Waals surface area contributed by atoms with Crippen LogP contribution in [0.4, 0.5) is 0 Å². The van der Waals surface area contributed by atoms with Crippen LogP contribution in [0, 0.1) is 28.6 Å². The van der Waals surface area contributed by atoms with Crippen LogP contribution in [-0.2, 0) is 4.79 Å². The highest BCUT2D eigenvalue weighted by atomic mass is 16.1. The molecule has 0 aliphatic carbocycles. The van der Waals surface area contributed by atoms with Crippen LogP contribution in [0.25, 0.3) is 0 Å². The van der Waals surface area contributed by atoms with Gasteiger partial charge in [0.1, 0.15) is 5.78 Å². The van der Waals surface area contributed by atoms with E-state index in [4.69, 9.17) is 10.5 Å². The summed E-state index contributed by atoms with van der Waals surface area (Å²) in [6, 6.07) is 8.06. The minimum absolute atomic E-state index is 0.124. The largest absolute Gasteiger partial charge is 0.299 e. The van der Waals surface area contributed by atoms with Gasteiger partial charge in [-0.15, -0.1) is 0 Å². The second kappa shape index (κ2) is 6.47. The van der Waals surface area contributed by atoms with E-state index < -0.39 is 0 Å². The number of nitriles is 2. The van der Waals surface area contributed by atoms with Crippen molar-refractivity contribution in [2.45, 2.75) is 26.7 Å². The highest BCUT2D eigenvalue weighted by molar-refractivity contribution is 6.09. The third-order valence-corrected chi connectivity index (χ3v) is 3.07. The number of rotatable bonds is 5. The molecule has 0 saturated heterocycles. The number of benzene rings is 1. The van der Waals surface area contributed by atoms with Crippen LogP contribution in [-0.4, -0.2) is 11.6 Å². The normalized spacial score (nSPS) is 11.2. The second-order valence-electron chi connectivity index (χ2n) is 4.36. The number of ketones is 2. The van der Waals surface area contributed by atoms with Crippen molar-refractivity contribution >= 4 is 11.6 Å². The Labute approximate surface area is 112 Å². The highest BCUT2D eigenvalue weighted by Gasteiger charge is 2.19. The molecule has 1 atom stereocenters. The maximum atomic E-state index is 12.0. The molecule has 1 rings (SSSR count). The molecule has 0 aliphatic rings. The topological polar surface area (TPSA) is 81.7 Å². The summed E-state index contributed by atoms with van der Waals surface area (Å²) in [5, 5.41) is 17.7. The number of hydrogen-bond donors (Lipinski definition) is 0. The van der Waals surface area contributed by atoms with Crippen molar-refractivity contribution in [2.75, 3.05) is 0 Å². The Hall–Kier alpha value is -2.46. The molecule has 1 unspecified atom stereocenters. The van der Waals surface area contributed by atoms with Crippen LogP contribution >= 0.6 is 0 Å². The lowest BCUT2D eigenvalue weighted by Crippen LogP contribution is -2.16. The molecular weight excluding hydrogens is 240 g/mol. The number of nitrogens with zero attached hydrogens (tertiary/aromatic N) is 2. The van der Waals surface area contributed by atoms with Crippen molar-refractivity contribution in [3.8, 4) is 12.1 Å². The zero-order valence-electron chi connectivity index (χ0n) is 10.9. The monoisotopic (exact) mass is 254 g/mol. The molecule has 19 heavy (non-hydrogen) atoms. The first-order valence-electron chi connectivity index (χ1n) is 6.03. The van der Waals surface area contributed by atoms with Crippen molar-refractivity contribution in [3.63, 3.8) is 0 Å². The lowest BCUT2D eigenvalue weighted by Gasteiger charge is -2.07. The van der Waals surface area contributed by atoms with Gasteiger partial charge in [-0.05, 0) is 24.6 Å². The van der Waals surface area contributed by atoms with Crippen molar-refractivity contribution < 1.29 is 9.59 Å². The summed E-state index contributed by atoms with van der Waals surface area (Å²) < 4.78 is 0. The second-order valence-corrected chi connectivity index (χ2v) is 4.36. The number of hydrogen-bond acceptors (Lipinski definition) is 4. The van der Waals surface area contributed by atoms with Crippen LogP contribution in [0.15, 0.2) is 18.2 Å². The molecule has 4 nitrogen and oxygen atoms in total. The molecule has 0 radical (unpaired) electrons. The third-order valence-electron chi connectivity index (χ3n) is 3.07. The molecule has 0 N–H and O–H groups in total. The van der Waals surface area contributed by atoms with E-state index in [2.05, 4.69) is 0 Å². The van der Waals surface area contributed by atoms with Gasteiger partial charge in [0, 0.05) is 11.5 Å². The molecule has 0 bridgehead atoms. The van der Waals surface area contributed by atoms with Crippen molar-refractivity contribution in [3.05, 3.63) is 34.9 Å². The molecule has 0 fully saturated rings. The molecule has 0 aliphatic heterocycles. The lowest BCUT2D eigenvalue weighted by atomic mass is 9.94. The minimum atomic E-state index is -0.369. The Morgan fingerprint density at radius 2 is 1.95 bits per heavy atom. The predicted octanol–water partition coefficient (Wildman–Crippen LogP) is 2.62. The highest BCUT2D eigenvalue weighted by Crippen LogP contribution is 2.15. The van der Waals surface area contributed by atoms with Gasteiger partial charge < -0.3 is 0 Å². The number of carbonyl (C=O) groups excluding carboxylic acids is 2. The fourth-order valence-corrected chi connectivity index (χ4v) is 1.60. The average Bonchev–Trinajstić information content (AvgIpc) is 2.45. The first kappa shape index (κ1) is 14.6. The fraction of sp³-hybridized carbons (Fsp3) is 0.333. The zero-order valence-corrected chi connectivity index (χ0v) is 10.9. The van der Waals surface area contributed by atoms with Gasteiger partial charge in [-0.25, -0.2) is 0 Å². The van der Waals surface area contributed by atoms with Crippen LogP contribution in [0.1, 0.15) is 48.2 Å². The molecule has 0 aromatic heterocycles. The molecule has 0 saturated carbocycles. The minimum Gasteiger partial charge on any atom is -0.299 e. The van der Waals surface area contributed by atoms with Gasteiger partial charge in [-0.3, -0.25) is 9.59 Å². The van der Waals surface area contributed by atoms with Gasteiger partial charge in [0.2, 0.25) is 0 Å². The van der Waals surface area contributed by atoms with E-state index in [1.165, 1.54) is 18.2 Å². The van der Waals surface area contributed by atoms with Gasteiger partial charge >= 0.3 is 0 Å². The van der Waals surface area contributed by atoms with Crippen LogP contribution in [0.3, 0.4) is 0 Å². The summed E-state index contributed by atoms with van der Waals surface area (Å²) >= 11 is 0. The molecule has 4 heteroatoms. The number of carbonyl (C=O) groups is 2. The molecule has 0 heterocycles. The zero-order chi connectivity index (χ0) is 14.4. The van der Waals surface area contributed by atoms with Crippen LogP contribution < -0.4 is 0 Å². The molecule has 1 aromatic rings. The summed E-state index contributed by atoms with van der Waals surface area (Å²) in [5.74, 6) is -0.653. The predicted molar refractivity (Wildman–Crippen MR) is 69.3 cm³/mol. The summed E-state index contributed by atoms with van der Waals surface area (Å²) in [5.41, 5.74) is 0.667. The summed E-state index contributed by atoms with van der Waals surface area (Å²) in [4.78, 5) is 23.7. The summed E-state index contributed by atoms with van der Waals surface area (Å²) in [6.45, 7) is 3.66. The molecular formula is C15H14N2O2. The molecule has 96 valence electrons. The Morgan fingerprint density at radius 1 is 1.26 bits per heavy atom. The Kier molecular flexibility index (Phi) is 4.97. The molecule has 0 spiro atoms. The van der Waals surface area contributed by atoms with E-state index >= 15 is 0 Å².